The molecule has 116 valence electrons. The molecule has 2 aromatic carbocycles. The summed E-state index contributed by atoms with van der Waals surface area (Å²) in [7, 11) is 0. The summed E-state index contributed by atoms with van der Waals surface area (Å²) in [6.07, 6.45) is 0. The number of amides is 2. The number of hydrogen-bond donors (Lipinski definition) is 2. The molecule has 0 bridgehead atoms. The Bertz CT molecular complexity index is 621. The standard InChI is InChI=1S/C17H19FN2O2/c1-12-9-13(2)11-16(10-12)22-8-7-19-17(21)20-15-5-3-14(18)4-6-15/h3-6,9-11H,7-8H2,1-2H3,(H2,19,20,21). The zero-order valence-electron chi connectivity index (χ0n) is 12.7. The molecule has 2 aromatic rings. The van der Waals surface area contributed by atoms with E-state index in [9.17, 15) is 9.18 Å². The third-order valence-electron chi connectivity index (χ3n) is 2.95. The van der Waals surface area contributed by atoms with Crippen LogP contribution in [0.15, 0.2) is 42.5 Å². The monoisotopic (exact) mass is 302 g/mol. The van der Waals surface area contributed by atoms with Gasteiger partial charge in [-0.3, -0.25) is 0 Å². The zero-order valence-corrected chi connectivity index (χ0v) is 12.7. The van der Waals surface area contributed by atoms with Crippen molar-refractivity contribution in [3.8, 4) is 5.75 Å². The highest BCUT2D eigenvalue weighted by molar-refractivity contribution is 5.89. The Morgan fingerprint density at radius 1 is 1.09 bits per heavy atom. The van der Waals surface area contributed by atoms with E-state index < -0.39 is 0 Å². The summed E-state index contributed by atoms with van der Waals surface area (Å²) >= 11 is 0. The van der Waals surface area contributed by atoms with Crippen LogP contribution in [0.4, 0.5) is 14.9 Å². The van der Waals surface area contributed by atoms with E-state index in [1.807, 2.05) is 26.0 Å². The molecule has 0 heterocycles. The van der Waals surface area contributed by atoms with Gasteiger partial charge in [-0.25, -0.2) is 9.18 Å². The molecule has 0 saturated carbocycles. The minimum Gasteiger partial charge on any atom is -0.492 e. The Morgan fingerprint density at radius 2 is 1.73 bits per heavy atom. The average Bonchev–Trinajstić information content (AvgIpc) is 2.45. The van der Waals surface area contributed by atoms with Crippen molar-refractivity contribution in [1.29, 1.82) is 0 Å². The number of anilines is 1. The van der Waals surface area contributed by atoms with Crippen LogP contribution < -0.4 is 15.4 Å². The zero-order chi connectivity index (χ0) is 15.9. The van der Waals surface area contributed by atoms with Crippen LogP contribution in [0, 0.1) is 19.7 Å². The first kappa shape index (κ1) is 15.8. The summed E-state index contributed by atoms with van der Waals surface area (Å²) in [6.45, 7) is 4.77. The molecule has 0 aromatic heterocycles. The van der Waals surface area contributed by atoms with Crippen molar-refractivity contribution in [2.75, 3.05) is 18.5 Å². The van der Waals surface area contributed by atoms with Crippen LogP contribution in [0.3, 0.4) is 0 Å². The number of aryl methyl sites for hydroxylation is 2. The van der Waals surface area contributed by atoms with Gasteiger partial charge in [-0.15, -0.1) is 0 Å². The molecule has 2 amide bonds. The van der Waals surface area contributed by atoms with Crippen LogP contribution in [-0.4, -0.2) is 19.2 Å². The van der Waals surface area contributed by atoms with Gasteiger partial charge in [0.15, 0.2) is 0 Å². The number of carbonyl (C=O) groups excluding carboxylic acids is 1. The van der Waals surface area contributed by atoms with Crippen molar-refractivity contribution in [1.82, 2.24) is 5.32 Å². The fourth-order valence-electron chi connectivity index (χ4n) is 2.06. The molecule has 2 N–H and O–H groups in total. The number of carbonyl (C=O) groups is 1. The Labute approximate surface area is 129 Å². The summed E-state index contributed by atoms with van der Waals surface area (Å²) < 4.78 is 18.3. The van der Waals surface area contributed by atoms with E-state index >= 15 is 0 Å². The lowest BCUT2D eigenvalue weighted by molar-refractivity contribution is 0.247. The topological polar surface area (TPSA) is 50.4 Å². The Hall–Kier alpha value is -2.56. The van der Waals surface area contributed by atoms with Gasteiger partial charge in [0.1, 0.15) is 18.2 Å². The van der Waals surface area contributed by atoms with Crippen LogP contribution in [-0.2, 0) is 0 Å². The molecule has 5 heteroatoms. The fraction of sp³-hybridized carbons (Fsp3) is 0.235. The van der Waals surface area contributed by atoms with Crippen LogP contribution in [0.5, 0.6) is 5.75 Å². The lowest BCUT2D eigenvalue weighted by atomic mass is 10.1. The van der Waals surface area contributed by atoms with Gasteiger partial charge in [-0.1, -0.05) is 6.07 Å². The normalized spacial score (nSPS) is 10.1. The molecule has 0 unspecified atom stereocenters. The van der Waals surface area contributed by atoms with E-state index in [-0.39, 0.29) is 11.8 Å². The molecule has 2 rings (SSSR count). The minimum absolute atomic E-state index is 0.340. The van der Waals surface area contributed by atoms with Crippen molar-refractivity contribution >= 4 is 11.7 Å². The highest BCUT2D eigenvalue weighted by Crippen LogP contribution is 2.15. The lowest BCUT2D eigenvalue weighted by Gasteiger charge is -2.10. The molecule has 0 saturated heterocycles. The number of nitrogens with one attached hydrogen (secondary N) is 2. The molecule has 0 spiro atoms. The van der Waals surface area contributed by atoms with E-state index in [1.54, 1.807) is 0 Å². The first-order valence-corrected chi connectivity index (χ1v) is 7.04. The number of benzene rings is 2. The van der Waals surface area contributed by atoms with Crippen molar-refractivity contribution in [3.63, 3.8) is 0 Å². The van der Waals surface area contributed by atoms with Gasteiger partial charge in [0.05, 0.1) is 6.54 Å². The van der Waals surface area contributed by atoms with Crippen molar-refractivity contribution in [3.05, 3.63) is 59.4 Å². The van der Waals surface area contributed by atoms with E-state index in [2.05, 4.69) is 16.7 Å². The van der Waals surface area contributed by atoms with Crippen LogP contribution >= 0.6 is 0 Å². The SMILES string of the molecule is Cc1cc(C)cc(OCCNC(=O)Nc2ccc(F)cc2)c1. The van der Waals surface area contributed by atoms with Crippen molar-refractivity contribution in [2.45, 2.75) is 13.8 Å². The Kier molecular flexibility index (Phi) is 5.36. The van der Waals surface area contributed by atoms with Gasteiger partial charge in [-0.05, 0) is 61.4 Å². The maximum Gasteiger partial charge on any atom is 0.319 e. The van der Waals surface area contributed by atoms with E-state index in [1.165, 1.54) is 24.3 Å². The summed E-state index contributed by atoms with van der Waals surface area (Å²) in [5.41, 5.74) is 2.81. The van der Waals surface area contributed by atoms with Crippen LogP contribution in [0.1, 0.15) is 11.1 Å². The van der Waals surface area contributed by atoms with Crippen LogP contribution in [0.2, 0.25) is 0 Å². The third-order valence-corrected chi connectivity index (χ3v) is 2.95. The predicted octanol–water partition coefficient (Wildman–Crippen LogP) is 3.64. The van der Waals surface area contributed by atoms with Crippen molar-refractivity contribution in [2.24, 2.45) is 0 Å². The van der Waals surface area contributed by atoms with Gasteiger partial charge in [-0.2, -0.15) is 0 Å². The van der Waals surface area contributed by atoms with Gasteiger partial charge in [0.25, 0.3) is 0 Å². The second-order valence-corrected chi connectivity index (χ2v) is 5.06. The largest absolute Gasteiger partial charge is 0.492 e. The second kappa shape index (κ2) is 7.45. The molecule has 22 heavy (non-hydrogen) atoms. The lowest BCUT2D eigenvalue weighted by Crippen LogP contribution is -2.32. The van der Waals surface area contributed by atoms with Gasteiger partial charge in [0.2, 0.25) is 0 Å². The molecular formula is C17H19FN2O2. The molecule has 4 nitrogen and oxygen atoms in total. The van der Waals surface area contributed by atoms with Crippen molar-refractivity contribution < 1.29 is 13.9 Å². The maximum absolute atomic E-state index is 12.7. The van der Waals surface area contributed by atoms with Crippen LogP contribution in [0.25, 0.3) is 0 Å². The first-order valence-electron chi connectivity index (χ1n) is 7.04. The molecule has 0 aliphatic heterocycles. The Morgan fingerprint density at radius 3 is 2.36 bits per heavy atom. The molecule has 0 atom stereocenters. The quantitative estimate of drug-likeness (QED) is 0.828. The average molecular weight is 302 g/mol. The summed E-state index contributed by atoms with van der Waals surface area (Å²) in [6, 6.07) is 11.2. The van der Waals surface area contributed by atoms with Gasteiger partial charge < -0.3 is 15.4 Å². The van der Waals surface area contributed by atoms with E-state index in [0.717, 1.165) is 16.9 Å². The fourth-order valence-corrected chi connectivity index (χ4v) is 2.06. The van der Waals surface area contributed by atoms with E-state index in [4.69, 9.17) is 4.74 Å². The third kappa shape index (κ3) is 5.09. The second-order valence-electron chi connectivity index (χ2n) is 5.06. The molecule has 0 radical (unpaired) electrons. The van der Waals surface area contributed by atoms with Gasteiger partial charge >= 0.3 is 6.03 Å². The first-order chi connectivity index (χ1) is 10.5. The number of ether oxygens (including phenoxy) is 1. The van der Waals surface area contributed by atoms with Gasteiger partial charge in [0, 0.05) is 5.69 Å². The smallest absolute Gasteiger partial charge is 0.319 e. The molecule has 0 aliphatic carbocycles. The minimum atomic E-state index is -0.351. The number of hydrogen-bond acceptors (Lipinski definition) is 2. The number of halogens is 1. The number of urea groups is 1. The predicted molar refractivity (Wildman–Crippen MR) is 84.8 cm³/mol. The highest BCUT2D eigenvalue weighted by Gasteiger charge is 2.02. The number of rotatable bonds is 5. The molecule has 0 aliphatic rings. The molecule has 0 fully saturated rings. The summed E-state index contributed by atoms with van der Waals surface area (Å²) in [5, 5.41) is 5.29. The van der Waals surface area contributed by atoms with E-state index in [0.29, 0.717) is 18.8 Å². The molecular weight excluding hydrogens is 283 g/mol. The Balaban J connectivity index is 1.71. The summed E-state index contributed by atoms with van der Waals surface area (Å²) in [5.74, 6) is 0.450. The summed E-state index contributed by atoms with van der Waals surface area (Å²) in [4.78, 5) is 11.6. The highest BCUT2D eigenvalue weighted by atomic mass is 19.1. The maximum atomic E-state index is 12.7.